The molecular formula is C11H19N3O. The van der Waals surface area contributed by atoms with Gasteiger partial charge in [0.15, 0.2) is 0 Å². The van der Waals surface area contributed by atoms with Crippen LogP contribution in [0.3, 0.4) is 0 Å². The highest BCUT2D eigenvalue weighted by Gasteiger charge is 2.16. The van der Waals surface area contributed by atoms with Gasteiger partial charge in [0.1, 0.15) is 0 Å². The first kappa shape index (κ1) is 11.8. The highest BCUT2D eigenvalue weighted by atomic mass is 16.1. The van der Waals surface area contributed by atoms with Crippen LogP contribution in [0, 0.1) is 5.92 Å². The van der Waals surface area contributed by atoms with Gasteiger partial charge in [-0.05, 0) is 19.1 Å². The maximum absolute atomic E-state index is 11.6. The van der Waals surface area contributed by atoms with Crippen molar-refractivity contribution in [1.29, 1.82) is 0 Å². The molecule has 0 radical (unpaired) electrons. The molecule has 15 heavy (non-hydrogen) atoms. The number of nitrogens with two attached hydrogens (primary N) is 1. The fourth-order valence-electron chi connectivity index (χ4n) is 1.26. The molecule has 1 rings (SSSR count). The zero-order valence-electron chi connectivity index (χ0n) is 9.53. The van der Waals surface area contributed by atoms with Gasteiger partial charge in [-0.15, -0.1) is 0 Å². The van der Waals surface area contributed by atoms with Gasteiger partial charge in [0.2, 0.25) is 5.91 Å². The third kappa shape index (κ3) is 3.09. The number of aryl methyl sites for hydroxylation is 1. The number of rotatable bonds is 4. The number of aromatic nitrogens is 1. The lowest BCUT2D eigenvalue weighted by molar-refractivity contribution is -0.125. The van der Waals surface area contributed by atoms with Crippen molar-refractivity contribution in [3.8, 4) is 0 Å². The minimum Gasteiger partial charge on any atom is -0.353 e. The summed E-state index contributed by atoms with van der Waals surface area (Å²) in [6, 6.07) is 3.83. The summed E-state index contributed by atoms with van der Waals surface area (Å²) in [5, 5.41) is 2.87. The topological polar surface area (TPSA) is 60.1 Å². The molecule has 1 amide bonds. The molecule has 0 fully saturated rings. The lowest BCUT2D eigenvalue weighted by atomic mass is 10.0. The molecule has 2 atom stereocenters. The molecule has 0 spiro atoms. The average Bonchev–Trinajstić information content (AvgIpc) is 2.59. The molecule has 1 heterocycles. The van der Waals surface area contributed by atoms with E-state index in [0.717, 1.165) is 5.69 Å². The molecule has 4 heteroatoms. The van der Waals surface area contributed by atoms with E-state index in [-0.39, 0.29) is 17.9 Å². The summed E-state index contributed by atoms with van der Waals surface area (Å²) < 4.78 is 1.98. The molecule has 0 aromatic carbocycles. The molecule has 0 aliphatic rings. The number of nitrogens with one attached hydrogen (secondary N) is 1. The van der Waals surface area contributed by atoms with Crippen molar-refractivity contribution in [3.05, 3.63) is 24.0 Å². The zero-order valence-corrected chi connectivity index (χ0v) is 9.53. The van der Waals surface area contributed by atoms with Crippen LogP contribution in [0.15, 0.2) is 18.3 Å². The first-order valence-corrected chi connectivity index (χ1v) is 5.16. The second-order valence-electron chi connectivity index (χ2n) is 3.98. The fraction of sp³-hybridized carbons (Fsp3) is 0.545. The van der Waals surface area contributed by atoms with Crippen LogP contribution >= 0.6 is 0 Å². The Morgan fingerprint density at radius 3 is 2.73 bits per heavy atom. The summed E-state index contributed by atoms with van der Waals surface area (Å²) >= 11 is 0. The van der Waals surface area contributed by atoms with Crippen molar-refractivity contribution in [2.45, 2.75) is 26.4 Å². The second kappa shape index (κ2) is 4.98. The number of amides is 1. The van der Waals surface area contributed by atoms with Crippen molar-refractivity contribution < 1.29 is 4.79 Å². The number of carbonyl (C=O) groups excluding carboxylic acids is 1. The number of carbonyl (C=O) groups is 1. The highest BCUT2D eigenvalue weighted by Crippen LogP contribution is 2.02. The van der Waals surface area contributed by atoms with Crippen LogP contribution in [-0.4, -0.2) is 16.5 Å². The van der Waals surface area contributed by atoms with Crippen LogP contribution in [0.1, 0.15) is 19.5 Å². The van der Waals surface area contributed by atoms with Crippen molar-refractivity contribution in [2.24, 2.45) is 18.7 Å². The predicted octanol–water partition coefficient (Wildman–Crippen LogP) is 0.625. The van der Waals surface area contributed by atoms with Gasteiger partial charge in [0.05, 0.1) is 6.54 Å². The van der Waals surface area contributed by atoms with Crippen LogP contribution in [0.2, 0.25) is 0 Å². The van der Waals surface area contributed by atoms with Gasteiger partial charge in [0.25, 0.3) is 0 Å². The maximum Gasteiger partial charge on any atom is 0.224 e. The Bertz CT molecular complexity index is 330. The van der Waals surface area contributed by atoms with Gasteiger partial charge in [-0.25, -0.2) is 0 Å². The summed E-state index contributed by atoms with van der Waals surface area (Å²) in [5.41, 5.74) is 6.73. The van der Waals surface area contributed by atoms with E-state index >= 15 is 0 Å². The largest absolute Gasteiger partial charge is 0.353 e. The lowest BCUT2D eigenvalue weighted by Crippen LogP contribution is -2.38. The van der Waals surface area contributed by atoms with Gasteiger partial charge in [-0.2, -0.15) is 0 Å². The highest BCUT2D eigenvalue weighted by molar-refractivity contribution is 5.78. The zero-order chi connectivity index (χ0) is 11.4. The Morgan fingerprint density at radius 2 is 2.27 bits per heavy atom. The molecule has 2 unspecified atom stereocenters. The van der Waals surface area contributed by atoms with E-state index in [9.17, 15) is 4.79 Å². The Morgan fingerprint density at radius 1 is 1.60 bits per heavy atom. The third-order valence-electron chi connectivity index (χ3n) is 2.70. The smallest absolute Gasteiger partial charge is 0.224 e. The molecule has 0 saturated heterocycles. The Hall–Kier alpha value is -1.29. The standard InChI is InChI=1S/C11H19N3O/c1-8(9(2)12)11(15)13-7-10-5-4-6-14(10)3/h4-6,8-9H,7,12H2,1-3H3,(H,13,15). The molecule has 0 saturated carbocycles. The van der Waals surface area contributed by atoms with Crippen molar-refractivity contribution in [3.63, 3.8) is 0 Å². The molecule has 84 valence electrons. The molecule has 4 nitrogen and oxygen atoms in total. The van der Waals surface area contributed by atoms with Gasteiger partial charge in [-0.1, -0.05) is 6.92 Å². The minimum absolute atomic E-state index is 0.00574. The summed E-state index contributed by atoms with van der Waals surface area (Å²) in [6.07, 6.45) is 1.95. The van der Waals surface area contributed by atoms with Crippen LogP contribution in [-0.2, 0) is 18.4 Å². The number of hydrogen-bond acceptors (Lipinski definition) is 2. The average molecular weight is 209 g/mol. The normalized spacial score (nSPS) is 14.7. The SMILES string of the molecule is CC(N)C(C)C(=O)NCc1cccn1C. The van der Waals surface area contributed by atoms with E-state index in [1.807, 2.05) is 43.8 Å². The quantitative estimate of drug-likeness (QED) is 0.764. The van der Waals surface area contributed by atoms with Crippen LogP contribution < -0.4 is 11.1 Å². The molecule has 0 aliphatic carbocycles. The third-order valence-corrected chi connectivity index (χ3v) is 2.70. The summed E-state index contributed by atoms with van der Waals surface area (Å²) in [6.45, 7) is 4.23. The van der Waals surface area contributed by atoms with Gasteiger partial charge < -0.3 is 15.6 Å². The van der Waals surface area contributed by atoms with Crippen molar-refractivity contribution in [2.75, 3.05) is 0 Å². The summed E-state index contributed by atoms with van der Waals surface area (Å²) in [5.74, 6) is -0.142. The molecule has 0 aliphatic heterocycles. The molecule has 0 bridgehead atoms. The van der Waals surface area contributed by atoms with E-state index in [4.69, 9.17) is 5.73 Å². The molecule has 3 N–H and O–H groups in total. The van der Waals surface area contributed by atoms with Gasteiger partial charge >= 0.3 is 0 Å². The second-order valence-corrected chi connectivity index (χ2v) is 3.98. The molecule has 1 aromatic rings. The van der Waals surface area contributed by atoms with Crippen molar-refractivity contribution >= 4 is 5.91 Å². The van der Waals surface area contributed by atoms with Crippen LogP contribution in [0.25, 0.3) is 0 Å². The molecule has 1 aromatic heterocycles. The first-order chi connectivity index (χ1) is 7.02. The van der Waals surface area contributed by atoms with E-state index in [2.05, 4.69) is 5.32 Å². The van der Waals surface area contributed by atoms with E-state index < -0.39 is 0 Å². The Labute approximate surface area is 90.5 Å². The van der Waals surface area contributed by atoms with Crippen LogP contribution in [0.4, 0.5) is 0 Å². The Balaban J connectivity index is 2.44. The number of hydrogen-bond donors (Lipinski definition) is 2. The predicted molar refractivity (Wildman–Crippen MR) is 60.1 cm³/mol. The van der Waals surface area contributed by atoms with Crippen LogP contribution in [0.5, 0.6) is 0 Å². The van der Waals surface area contributed by atoms with E-state index in [1.54, 1.807) is 0 Å². The first-order valence-electron chi connectivity index (χ1n) is 5.16. The fourth-order valence-corrected chi connectivity index (χ4v) is 1.26. The lowest BCUT2D eigenvalue weighted by Gasteiger charge is -2.15. The monoisotopic (exact) mass is 209 g/mol. The van der Waals surface area contributed by atoms with Crippen molar-refractivity contribution in [1.82, 2.24) is 9.88 Å². The Kier molecular flexibility index (Phi) is 3.91. The van der Waals surface area contributed by atoms with E-state index in [1.165, 1.54) is 0 Å². The van der Waals surface area contributed by atoms with Gasteiger partial charge in [-0.3, -0.25) is 4.79 Å². The summed E-state index contributed by atoms with van der Waals surface area (Å²) in [4.78, 5) is 11.6. The summed E-state index contributed by atoms with van der Waals surface area (Å²) in [7, 11) is 1.95. The maximum atomic E-state index is 11.6. The number of nitrogens with zero attached hydrogens (tertiary/aromatic N) is 1. The van der Waals surface area contributed by atoms with E-state index in [0.29, 0.717) is 6.54 Å². The van der Waals surface area contributed by atoms with Gasteiger partial charge in [0, 0.05) is 30.9 Å². The minimum atomic E-state index is -0.148. The molecular weight excluding hydrogens is 190 g/mol.